The molecular weight excluding hydrogens is 441 g/mol. The Balaban J connectivity index is 1.65. The molecular formula is C23H18ClF3N4O. The highest BCUT2D eigenvalue weighted by Gasteiger charge is 2.31. The molecule has 2 aromatic carbocycles. The summed E-state index contributed by atoms with van der Waals surface area (Å²) < 4.78 is 40.4. The van der Waals surface area contributed by atoms with Gasteiger partial charge in [-0.25, -0.2) is 9.67 Å². The van der Waals surface area contributed by atoms with Crippen molar-refractivity contribution in [3.8, 4) is 11.1 Å². The average molecular weight is 459 g/mol. The Labute approximate surface area is 186 Å². The van der Waals surface area contributed by atoms with Crippen LogP contribution in [0.5, 0.6) is 0 Å². The smallest absolute Gasteiger partial charge is 0.323 e. The van der Waals surface area contributed by atoms with Gasteiger partial charge in [-0.1, -0.05) is 41.4 Å². The van der Waals surface area contributed by atoms with E-state index in [1.54, 1.807) is 6.20 Å². The van der Waals surface area contributed by atoms with Crippen LogP contribution >= 0.6 is 11.6 Å². The highest BCUT2D eigenvalue weighted by molar-refractivity contribution is 6.33. The monoisotopic (exact) mass is 458 g/mol. The summed E-state index contributed by atoms with van der Waals surface area (Å²) in [5.41, 5.74) is 3.22. The fraction of sp³-hybridized carbons (Fsp3) is 0.174. The zero-order valence-electron chi connectivity index (χ0n) is 17.2. The lowest BCUT2D eigenvalue weighted by Crippen LogP contribution is -2.20. The lowest BCUT2D eigenvalue weighted by Gasteiger charge is -2.12. The van der Waals surface area contributed by atoms with E-state index in [4.69, 9.17) is 11.6 Å². The van der Waals surface area contributed by atoms with Gasteiger partial charge in [-0.3, -0.25) is 4.79 Å². The molecule has 1 amide bonds. The fourth-order valence-corrected chi connectivity index (χ4v) is 3.73. The Hall–Kier alpha value is -3.39. The lowest BCUT2D eigenvalue weighted by atomic mass is 10.0. The molecule has 0 aliphatic rings. The zero-order valence-corrected chi connectivity index (χ0v) is 17.9. The second-order valence-electron chi connectivity index (χ2n) is 7.41. The minimum atomic E-state index is -4.55. The Morgan fingerprint density at radius 2 is 1.91 bits per heavy atom. The Morgan fingerprint density at radius 3 is 2.62 bits per heavy atom. The summed E-state index contributed by atoms with van der Waals surface area (Å²) in [7, 11) is 0. The van der Waals surface area contributed by atoms with Gasteiger partial charge in [-0.2, -0.15) is 18.3 Å². The van der Waals surface area contributed by atoms with Crippen molar-refractivity contribution in [1.29, 1.82) is 0 Å². The van der Waals surface area contributed by atoms with Gasteiger partial charge in [0.05, 0.1) is 22.0 Å². The minimum absolute atomic E-state index is 0.00714. The quantitative estimate of drug-likeness (QED) is 0.406. The molecule has 0 aliphatic heterocycles. The van der Waals surface area contributed by atoms with Gasteiger partial charge in [-0.05, 0) is 49.2 Å². The molecule has 0 unspecified atom stereocenters. The van der Waals surface area contributed by atoms with Gasteiger partial charge in [-0.15, -0.1) is 0 Å². The number of halogens is 4. The van der Waals surface area contributed by atoms with Crippen molar-refractivity contribution in [2.75, 3.05) is 5.32 Å². The Bertz CT molecular complexity index is 1330. The molecule has 164 valence electrons. The standard InChI is InChI=1S/C23H18ClF3N4O/c1-13-4-3-5-15(10-13)17-8-9-28-22-21(17)14(2)30-31(22)12-20(32)29-19-11-16(23(25,26)27)6-7-18(19)24/h3-11H,12H2,1-2H3,(H,29,32). The molecule has 0 fully saturated rings. The number of carbonyl (C=O) groups excluding carboxylic acids is 1. The molecule has 0 saturated carbocycles. The van der Waals surface area contributed by atoms with Gasteiger partial charge in [0.15, 0.2) is 5.65 Å². The van der Waals surface area contributed by atoms with Gasteiger partial charge < -0.3 is 5.32 Å². The molecule has 9 heteroatoms. The SMILES string of the molecule is Cc1cccc(-c2ccnc3c2c(C)nn3CC(=O)Nc2cc(C(F)(F)F)ccc2Cl)c1. The number of anilines is 1. The van der Waals surface area contributed by atoms with Gasteiger partial charge in [0, 0.05) is 11.6 Å². The van der Waals surface area contributed by atoms with E-state index in [0.717, 1.165) is 40.3 Å². The normalized spacial score (nSPS) is 11.7. The van der Waals surface area contributed by atoms with Crippen LogP contribution in [0.2, 0.25) is 5.02 Å². The molecule has 0 bridgehead atoms. The summed E-state index contributed by atoms with van der Waals surface area (Å²) in [6, 6.07) is 12.7. The van der Waals surface area contributed by atoms with E-state index < -0.39 is 17.6 Å². The second-order valence-corrected chi connectivity index (χ2v) is 7.82. The molecule has 32 heavy (non-hydrogen) atoms. The number of alkyl halides is 3. The van der Waals surface area contributed by atoms with Crippen LogP contribution in [0, 0.1) is 13.8 Å². The van der Waals surface area contributed by atoms with Crippen LogP contribution < -0.4 is 5.32 Å². The third kappa shape index (κ3) is 4.31. The van der Waals surface area contributed by atoms with Crippen molar-refractivity contribution in [3.05, 3.63) is 76.6 Å². The third-order valence-electron chi connectivity index (χ3n) is 5.00. The number of rotatable bonds is 4. The first kappa shape index (κ1) is 21.8. The molecule has 4 rings (SSSR count). The number of aromatic nitrogens is 3. The van der Waals surface area contributed by atoms with E-state index in [1.165, 1.54) is 4.68 Å². The number of amides is 1. The summed E-state index contributed by atoms with van der Waals surface area (Å²) in [5, 5.41) is 7.69. The number of nitrogens with one attached hydrogen (secondary N) is 1. The van der Waals surface area contributed by atoms with Crippen molar-refractivity contribution in [2.45, 2.75) is 26.6 Å². The number of benzene rings is 2. The minimum Gasteiger partial charge on any atom is -0.323 e. The number of nitrogens with zero attached hydrogens (tertiary/aromatic N) is 3. The molecule has 4 aromatic rings. The number of fused-ring (bicyclic) bond motifs is 1. The zero-order chi connectivity index (χ0) is 23.0. The highest BCUT2D eigenvalue weighted by Crippen LogP contribution is 2.34. The van der Waals surface area contributed by atoms with E-state index in [9.17, 15) is 18.0 Å². The molecule has 1 N–H and O–H groups in total. The lowest BCUT2D eigenvalue weighted by molar-refractivity contribution is -0.137. The summed E-state index contributed by atoms with van der Waals surface area (Å²) in [4.78, 5) is 17.0. The maximum atomic E-state index is 13.0. The van der Waals surface area contributed by atoms with E-state index in [2.05, 4.69) is 15.4 Å². The van der Waals surface area contributed by atoms with E-state index >= 15 is 0 Å². The van der Waals surface area contributed by atoms with Crippen molar-refractivity contribution >= 4 is 34.2 Å². The molecule has 0 spiro atoms. The average Bonchev–Trinajstić information content (AvgIpc) is 3.04. The molecule has 0 saturated heterocycles. The molecule has 2 aromatic heterocycles. The van der Waals surface area contributed by atoms with E-state index in [-0.39, 0.29) is 17.3 Å². The first-order chi connectivity index (χ1) is 15.1. The van der Waals surface area contributed by atoms with E-state index in [0.29, 0.717) is 11.3 Å². The molecule has 5 nitrogen and oxygen atoms in total. The van der Waals surface area contributed by atoms with Crippen molar-refractivity contribution in [3.63, 3.8) is 0 Å². The van der Waals surface area contributed by atoms with Gasteiger partial charge >= 0.3 is 6.18 Å². The van der Waals surface area contributed by atoms with Crippen LogP contribution in [-0.2, 0) is 17.5 Å². The van der Waals surface area contributed by atoms with Crippen LogP contribution in [0.1, 0.15) is 16.8 Å². The highest BCUT2D eigenvalue weighted by atomic mass is 35.5. The van der Waals surface area contributed by atoms with Crippen LogP contribution in [0.4, 0.5) is 18.9 Å². The van der Waals surface area contributed by atoms with Crippen LogP contribution in [-0.4, -0.2) is 20.7 Å². The van der Waals surface area contributed by atoms with Crippen LogP contribution in [0.15, 0.2) is 54.7 Å². The number of carbonyl (C=O) groups is 1. The van der Waals surface area contributed by atoms with Gasteiger partial charge in [0.25, 0.3) is 0 Å². The predicted octanol–water partition coefficient (Wildman–Crippen LogP) is 6.03. The second kappa shape index (κ2) is 8.27. The van der Waals surface area contributed by atoms with Crippen LogP contribution in [0.25, 0.3) is 22.2 Å². The van der Waals surface area contributed by atoms with Crippen molar-refractivity contribution < 1.29 is 18.0 Å². The number of hydrogen-bond donors (Lipinski definition) is 1. The summed E-state index contributed by atoms with van der Waals surface area (Å²) >= 11 is 5.98. The maximum Gasteiger partial charge on any atom is 0.416 e. The first-order valence-electron chi connectivity index (χ1n) is 9.69. The fourth-order valence-electron chi connectivity index (χ4n) is 3.57. The third-order valence-corrected chi connectivity index (χ3v) is 5.33. The summed E-state index contributed by atoms with van der Waals surface area (Å²) in [5.74, 6) is -0.571. The molecule has 0 atom stereocenters. The molecule has 2 heterocycles. The number of hydrogen-bond acceptors (Lipinski definition) is 3. The molecule has 0 aliphatic carbocycles. The largest absolute Gasteiger partial charge is 0.416 e. The summed E-state index contributed by atoms with van der Waals surface area (Å²) in [6.45, 7) is 3.59. The summed E-state index contributed by atoms with van der Waals surface area (Å²) in [6.07, 6.45) is -2.91. The van der Waals surface area contributed by atoms with Crippen molar-refractivity contribution in [1.82, 2.24) is 14.8 Å². The topological polar surface area (TPSA) is 59.8 Å². The maximum absolute atomic E-state index is 13.0. The first-order valence-corrected chi connectivity index (χ1v) is 10.1. The predicted molar refractivity (Wildman–Crippen MR) is 118 cm³/mol. The van der Waals surface area contributed by atoms with Gasteiger partial charge in [0.2, 0.25) is 5.91 Å². The Morgan fingerprint density at radius 1 is 1.12 bits per heavy atom. The van der Waals surface area contributed by atoms with Crippen LogP contribution in [0.3, 0.4) is 0 Å². The number of aryl methyl sites for hydroxylation is 2. The van der Waals surface area contributed by atoms with Gasteiger partial charge in [0.1, 0.15) is 6.54 Å². The Kier molecular flexibility index (Phi) is 5.64. The number of pyridine rings is 1. The van der Waals surface area contributed by atoms with Crippen molar-refractivity contribution in [2.24, 2.45) is 0 Å². The van der Waals surface area contributed by atoms with E-state index in [1.807, 2.05) is 44.2 Å². The molecule has 0 radical (unpaired) electrons.